The Kier molecular flexibility index (Phi) is 13.6. The van der Waals surface area contributed by atoms with Crippen molar-refractivity contribution in [2.45, 2.75) is 64.6 Å². The first-order chi connectivity index (χ1) is 25.9. The average molecular weight is 904 g/mol. The number of urea groups is 2. The standard InChI is InChI=1S/C17H17F3N4O2.C11H11F3IN3O2.C6H8BNO2/c1-9-4-5-11(7-21-9)12-8-22-14(6-13(12)17(18,19)20)24-15(25)10(2)23(3)16(24)26;1-5-9(19)18(10(20)17(5)2)8-3-6(11(12,13)14)7(15)4-16-8;1-5-2-3-6(4-8-5)7(9)10/h4-8,10,15,25H,1-3H3;3-5,9,19H,1-2H3;2-4,9-10H,1H3. The minimum absolute atomic E-state index is 0.0682. The molecule has 2 aliphatic rings. The summed E-state index contributed by atoms with van der Waals surface area (Å²) in [7, 11) is 1.52. The maximum atomic E-state index is 13.6. The van der Waals surface area contributed by atoms with E-state index in [0.29, 0.717) is 11.2 Å². The Morgan fingerprint density at radius 2 is 1.12 bits per heavy atom. The summed E-state index contributed by atoms with van der Waals surface area (Å²) in [5.41, 5.74) is 0.252. The molecule has 4 N–H and O–H groups in total. The van der Waals surface area contributed by atoms with Crippen molar-refractivity contribution >= 4 is 58.9 Å². The van der Waals surface area contributed by atoms with Gasteiger partial charge in [-0.05, 0) is 74.6 Å². The minimum atomic E-state index is -4.66. The predicted octanol–water partition coefficient (Wildman–Crippen LogP) is 4.40. The number of aromatic nitrogens is 4. The maximum absolute atomic E-state index is 13.6. The number of anilines is 2. The molecular weight excluding hydrogens is 868 g/mol. The Bertz CT molecular complexity index is 2030. The van der Waals surface area contributed by atoms with Gasteiger partial charge >= 0.3 is 31.5 Å². The van der Waals surface area contributed by atoms with Crippen LogP contribution in [-0.2, 0) is 12.4 Å². The third kappa shape index (κ3) is 9.65. The first kappa shape index (κ1) is 44.1. The van der Waals surface area contributed by atoms with Gasteiger partial charge in [-0.2, -0.15) is 26.3 Å². The van der Waals surface area contributed by atoms with E-state index >= 15 is 0 Å². The topological polar surface area (TPSA) is 180 Å². The van der Waals surface area contributed by atoms with Gasteiger partial charge in [-0.1, -0.05) is 12.1 Å². The van der Waals surface area contributed by atoms with Crippen molar-refractivity contribution < 1.29 is 56.2 Å². The van der Waals surface area contributed by atoms with Gasteiger partial charge in [0.15, 0.2) is 12.5 Å². The number of aliphatic hydroxyl groups is 2. The quantitative estimate of drug-likeness (QED) is 0.130. The summed E-state index contributed by atoms with van der Waals surface area (Å²) in [6.45, 7) is 6.76. The van der Waals surface area contributed by atoms with Gasteiger partial charge in [-0.3, -0.25) is 9.97 Å². The van der Waals surface area contributed by atoms with Crippen LogP contribution in [0.2, 0.25) is 0 Å². The van der Waals surface area contributed by atoms with E-state index in [1.54, 1.807) is 39.0 Å². The first-order valence-electron chi connectivity index (χ1n) is 16.5. The molecule has 22 heteroatoms. The number of carbonyl (C=O) groups excluding carboxylic acids is 2. The van der Waals surface area contributed by atoms with E-state index in [0.717, 1.165) is 40.0 Å². The Balaban J connectivity index is 0.000000205. The lowest BCUT2D eigenvalue weighted by Crippen LogP contribution is -2.36. The third-order valence-electron chi connectivity index (χ3n) is 8.92. The van der Waals surface area contributed by atoms with E-state index in [1.807, 2.05) is 6.92 Å². The number of alkyl halides is 6. The van der Waals surface area contributed by atoms with Gasteiger partial charge in [0.05, 0.1) is 23.2 Å². The summed E-state index contributed by atoms with van der Waals surface area (Å²) in [4.78, 5) is 44.1. The largest absolute Gasteiger partial charge is 0.490 e. The zero-order chi connectivity index (χ0) is 42.0. The molecule has 300 valence electrons. The lowest BCUT2D eigenvalue weighted by Gasteiger charge is -2.21. The second-order valence-electron chi connectivity index (χ2n) is 12.7. The van der Waals surface area contributed by atoms with Gasteiger partial charge < -0.3 is 30.1 Å². The number of rotatable bonds is 4. The Labute approximate surface area is 330 Å². The first-order valence-corrected chi connectivity index (χ1v) is 17.5. The second kappa shape index (κ2) is 17.2. The maximum Gasteiger partial charge on any atom is 0.490 e. The monoisotopic (exact) mass is 904 g/mol. The molecule has 4 aromatic heterocycles. The molecule has 2 saturated heterocycles. The van der Waals surface area contributed by atoms with Crippen molar-refractivity contribution in [1.82, 2.24) is 29.7 Å². The summed E-state index contributed by atoms with van der Waals surface area (Å²) in [5.74, 6) is -0.471. The lowest BCUT2D eigenvalue weighted by molar-refractivity contribution is -0.138. The summed E-state index contributed by atoms with van der Waals surface area (Å²) < 4.78 is 79.3. The average Bonchev–Trinajstić information content (AvgIpc) is 3.45. The van der Waals surface area contributed by atoms with Crippen LogP contribution in [0, 0.1) is 17.4 Å². The van der Waals surface area contributed by atoms with Gasteiger partial charge in [0.25, 0.3) is 0 Å². The highest BCUT2D eigenvalue weighted by molar-refractivity contribution is 14.1. The second-order valence-corrected chi connectivity index (χ2v) is 13.9. The number of hydrogen-bond acceptors (Lipinski definition) is 10. The zero-order valence-corrected chi connectivity index (χ0v) is 32.6. The fourth-order valence-corrected chi connectivity index (χ4v) is 5.89. The number of halogens is 7. The van der Waals surface area contributed by atoms with Crippen LogP contribution in [0.5, 0.6) is 0 Å². The van der Waals surface area contributed by atoms with Crippen molar-refractivity contribution in [3.63, 3.8) is 0 Å². The van der Waals surface area contributed by atoms with Crippen LogP contribution in [0.3, 0.4) is 0 Å². The predicted molar refractivity (Wildman–Crippen MR) is 200 cm³/mol. The number of hydrogen-bond donors (Lipinski definition) is 4. The van der Waals surface area contributed by atoms with Gasteiger partial charge in [-0.15, -0.1) is 0 Å². The number of aryl methyl sites for hydroxylation is 2. The van der Waals surface area contributed by atoms with Gasteiger partial charge in [0, 0.05) is 70.4 Å². The Hall–Kier alpha value is -4.65. The molecule has 0 spiro atoms. The molecule has 4 amide bonds. The van der Waals surface area contributed by atoms with E-state index in [-0.39, 0.29) is 26.3 Å². The van der Waals surface area contributed by atoms with Crippen LogP contribution in [0.4, 0.5) is 47.6 Å². The number of nitrogens with zero attached hydrogens (tertiary/aromatic N) is 8. The van der Waals surface area contributed by atoms with Gasteiger partial charge in [0.1, 0.15) is 11.6 Å². The molecule has 0 saturated carbocycles. The molecule has 0 aliphatic carbocycles. The van der Waals surface area contributed by atoms with Crippen molar-refractivity contribution in [3.8, 4) is 11.1 Å². The molecule has 0 aromatic carbocycles. The van der Waals surface area contributed by atoms with E-state index < -0.39 is 67.2 Å². The molecule has 56 heavy (non-hydrogen) atoms. The Morgan fingerprint density at radius 3 is 1.50 bits per heavy atom. The molecule has 0 radical (unpaired) electrons. The van der Waals surface area contributed by atoms with Crippen LogP contribution in [0.15, 0.2) is 61.2 Å². The number of amides is 4. The van der Waals surface area contributed by atoms with Crippen molar-refractivity contribution in [2.75, 3.05) is 23.9 Å². The number of likely N-dealkylation sites (N-methyl/N-ethyl adjacent to an activating group) is 2. The Morgan fingerprint density at radius 1 is 0.679 bits per heavy atom. The molecule has 4 aromatic rings. The molecule has 6 rings (SSSR count). The lowest BCUT2D eigenvalue weighted by atomic mass is 9.82. The zero-order valence-electron chi connectivity index (χ0n) is 30.5. The normalized spacial score (nSPS) is 19.8. The highest BCUT2D eigenvalue weighted by Gasteiger charge is 2.45. The van der Waals surface area contributed by atoms with E-state index in [2.05, 4.69) is 19.9 Å². The molecule has 6 heterocycles. The van der Waals surface area contributed by atoms with Gasteiger partial charge in [-0.25, -0.2) is 29.4 Å². The molecule has 2 aliphatic heterocycles. The van der Waals surface area contributed by atoms with Crippen LogP contribution in [-0.4, -0.2) is 108 Å². The van der Waals surface area contributed by atoms with Crippen LogP contribution in [0.1, 0.15) is 36.4 Å². The minimum Gasteiger partial charge on any atom is -0.423 e. The van der Waals surface area contributed by atoms with Crippen molar-refractivity contribution in [1.29, 1.82) is 0 Å². The molecule has 0 bridgehead atoms. The highest BCUT2D eigenvalue weighted by Crippen LogP contribution is 2.40. The summed E-state index contributed by atoms with van der Waals surface area (Å²) >= 11 is 1.53. The van der Waals surface area contributed by atoms with E-state index in [1.165, 1.54) is 64.9 Å². The molecule has 4 unspecified atom stereocenters. The summed E-state index contributed by atoms with van der Waals surface area (Å²) in [6, 6.07) is 5.74. The summed E-state index contributed by atoms with van der Waals surface area (Å²) in [6.07, 6.45) is -6.86. The smallest absolute Gasteiger partial charge is 0.423 e. The SMILES string of the molecule is CC1C(O)N(c2cc(C(F)(F)F)c(I)cn2)C(=O)N1C.Cc1ccc(-c2cnc(N3C(=O)N(C)C(C)C3O)cc2C(F)(F)F)cn1.Cc1ccc(B(O)O)cn1. The van der Waals surface area contributed by atoms with Gasteiger partial charge in [0.2, 0.25) is 0 Å². The third-order valence-corrected chi connectivity index (χ3v) is 9.78. The van der Waals surface area contributed by atoms with Crippen molar-refractivity contribution in [2.24, 2.45) is 0 Å². The van der Waals surface area contributed by atoms with E-state index in [4.69, 9.17) is 10.0 Å². The number of aliphatic hydroxyl groups excluding tert-OH is 2. The van der Waals surface area contributed by atoms with E-state index in [9.17, 15) is 46.1 Å². The van der Waals surface area contributed by atoms with Crippen LogP contribution in [0.25, 0.3) is 11.1 Å². The summed E-state index contributed by atoms with van der Waals surface area (Å²) in [5, 5.41) is 37.4. The molecular formula is C34H36BF6IN8O6. The fraction of sp³-hybridized carbons (Fsp3) is 0.353. The molecule has 14 nitrogen and oxygen atoms in total. The van der Waals surface area contributed by atoms with Crippen molar-refractivity contribution in [3.05, 3.63) is 87.3 Å². The molecule has 4 atom stereocenters. The van der Waals surface area contributed by atoms with Crippen LogP contribution >= 0.6 is 22.6 Å². The van der Waals surface area contributed by atoms with Crippen LogP contribution < -0.4 is 15.3 Å². The number of pyridine rings is 4. The highest BCUT2D eigenvalue weighted by atomic mass is 127. The fourth-order valence-electron chi connectivity index (χ4n) is 5.29. The number of carbonyl (C=O) groups is 2. The molecule has 2 fully saturated rings.